The number of carbonyl (C=O) groups excluding carboxylic acids is 2. The summed E-state index contributed by atoms with van der Waals surface area (Å²) in [6.45, 7) is 6.80. The van der Waals surface area contributed by atoms with Crippen LogP contribution in [0.1, 0.15) is 53.4 Å². The van der Waals surface area contributed by atoms with E-state index < -0.39 is 0 Å². The molecule has 0 aromatic heterocycles. The summed E-state index contributed by atoms with van der Waals surface area (Å²) in [5, 5.41) is 0. The van der Waals surface area contributed by atoms with Gasteiger partial charge >= 0.3 is 0 Å². The average Bonchev–Trinajstić information content (AvgIpc) is 2.41. The van der Waals surface area contributed by atoms with E-state index in [4.69, 9.17) is 0 Å². The number of Topliss-reactive ketones (excluding diaryl/α,β-unsaturated/α-hetero) is 2. The van der Waals surface area contributed by atoms with Gasteiger partial charge in [0.25, 0.3) is 0 Å². The minimum atomic E-state index is 0. The molecule has 0 aromatic rings. The molecular weight excluding hydrogens is 307 g/mol. The summed E-state index contributed by atoms with van der Waals surface area (Å²) in [5.74, 6) is 0.00852. The molecule has 21 heavy (non-hydrogen) atoms. The largest absolute Gasteiger partial charge is 0.289 e. The number of hydrogen-bond donors (Lipinski definition) is 0. The predicted octanol–water partition coefficient (Wildman–Crippen LogP) is 4.48. The molecular formula is C18H24NiO2. The van der Waals surface area contributed by atoms with E-state index in [0.29, 0.717) is 22.3 Å². The molecule has 0 aliphatic heterocycles. The zero-order valence-electron chi connectivity index (χ0n) is 13.3. The van der Waals surface area contributed by atoms with Crippen LogP contribution >= 0.6 is 0 Å². The van der Waals surface area contributed by atoms with Crippen molar-refractivity contribution in [2.24, 2.45) is 0 Å². The first-order valence-electron chi connectivity index (χ1n) is 7.21. The van der Waals surface area contributed by atoms with E-state index in [0.717, 1.165) is 0 Å². The maximum absolute atomic E-state index is 11.4. The Hall–Kier alpha value is -1.21. The maximum Gasteiger partial charge on any atom is 0.185 e. The summed E-state index contributed by atoms with van der Waals surface area (Å²) in [7, 11) is 0. The van der Waals surface area contributed by atoms with Gasteiger partial charge in [-0.1, -0.05) is 24.3 Å². The fraction of sp³-hybridized carbons (Fsp3) is 0.444. The van der Waals surface area contributed by atoms with Crippen LogP contribution in [0.5, 0.6) is 0 Å². The summed E-state index contributed by atoms with van der Waals surface area (Å²) in [4.78, 5) is 22.8. The van der Waals surface area contributed by atoms with Crippen LogP contribution in [0.4, 0.5) is 0 Å². The zero-order valence-corrected chi connectivity index (χ0v) is 14.3. The number of ketones is 2. The Labute approximate surface area is 138 Å². The molecule has 2 rings (SSSR count). The third-order valence-electron chi connectivity index (χ3n) is 3.82. The minimum absolute atomic E-state index is 0. The molecule has 0 N–H and O–H groups in total. The van der Waals surface area contributed by atoms with E-state index >= 15 is 0 Å². The van der Waals surface area contributed by atoms with Crippen LogP contribution < -0.4 is 0 Å². The number of allylic oxidation sites excluding steroid dienone is 8. The molecule has 0 bridgehead atoms. The van der Waals surface area contributed by atoms with Gasteiger partial charge in [-0.05, 0) is 53.4 Å². The van der Waals surface area contributed by atoms with Crippen LogP contribution in [0.3, 0.4) is 0 Å². The van der Waals surface area contributed by atoms with Crippen LogP contribution in [0.25, 0.3) is 0 Å². The Morgan fingerprint density at radius 2 is 0.762 bits per heavy atom. The van der Waals surface area contributed by atoms with Gasteiger partial charge in [0.2, 0.25) is 0 Å². The van der Waals surface area contributed by atoms with E-state index in [1.54, 1.807) is 27.7 Å². The van der Waals surface area contributed by atoms with E-state index in [-0.39, 0.29) is 28.1 Å². The molecule has 0 aromatic carbocycles. The Balaban J connectivity index is 0.000000390. The average molecular weight is 331 g/mol. The quantitative estimate of drug-likeness (QED) is 0.373. The van der Waals surface area contributed by atoms with Gasteiger partial charge in [-0.15, -0.1) is 0 Å². The Kier molecular flexibility index (Phi) is 9.12. The molecule has 2 aliphatic rings. The number of hydrogen-bond acceptors (Lipinski definition) is 2. The second-order valence-corrected chi connectivity index (χ2v) is 5.26. The van der Waals surface area contributed by atoms with Crippen LogP contribution in [0.2, 0.25) is 0 Å². The topological polar surface area (TPSA) is 34.1 Å². The van der Waals surface area contributed by atoms with Crippen molar-refractivity contribution in [3.05, 3.63) is 46.6 Å². The first-order chi connectivity index (χ1) is 9.46. The summed E-state index contributed by atoms with van der Waals surface area (Å²) in [5.41, 5.74) is 2.34. The number of carbonyl (C=O) groups is 2. The van der Waals surface area contributed by atoms with Crippen molar-refractivity contribution in [3.8, 4) is 0 Å². The van der Waals surface area contributed by atoms with Gasteiger partial charge in [-0.2, -0.15) is 0 Å². The molecule has 0 unspecified atom stereocenters. The van der Waals surface area contributed by atoms with Crippen molar-refractivity contribution in [2.45, 2.75) is 53.4 Å². The van der Waals surface area contributed by atoms with E-state index in [1.807, 2.05) is 0 Å². The molecule has 2 aliphatic carbocycles. The summed E-state index contributed by atoms with van der Waals surface area (Å²) < 4.78 is 0. The SMILES string of the molecule is C1=CCC/C=C\CC1.CC1=C(C)C(=O)C(C)=C(C)C1=O.[Ni]. The van der Waals surface area contributed by atoms with E-state index in [2.05, 4.69) is 24.3 Å². The molecule has 0 heterocycles. The van der Waals surface area contributed by atoms with Crippen molar-refractivity contribution >= 4 is 11.6 Å². The van der Waals surface area contributed by atoms with Gasteiger partial charge in [0.05, 0.1) is 0 Å². The zero-order chi connectivity index (χ0) is 15.1. The van der Waals surface area contributed by atoms with Crippen molar-refractivity contribution in [1.82, 2.24) is 0 Å². The Bertz CT molecular complexity index is 431. The Morgan fingerprint density at radius 1 is 0.571 bits per heavy atom. The number of rotatable bonds is 0. The predicted molar refractivity (Wildman–Crippen MR) is 83.5 cm³/mol. The molecule has 0 radical (unpaired) electrons. The standard InChI is InChI=1S/C10H12O2.C8H12.Ni/c1-5-6(2)10(12)8(4)7(3)9(5)11;1-2-4-6-8-7-5-3-1;/h1-4H3;1-2,7-8H,3-6H2;/b;2-1-,8-7?;. The fourth-order valence-corrected chi connectivity index (χ4v) is 2.10. The van der Waals surface area contributed by atoms with Gasteiger partial charge in [0.15, 0.2) is 11.6 Å². The normalized spacial score (nSPS) is 20.2. The molecule has 118 valence electrons. The van der Waals surface area contributed by atoms with Crippen molar-refractivity contribution < 1.29 is 26.1 Å². The summed E-state index contributed by atoms with van der Waals surface area (Å²) in [6.07, 6.45) is 14.0. The third-order valence-corrected chi connectivity index (χ3v) is 3.82. The molecule has 0 spiro atoms. The Morgan fingerprint density at radius 3 is 0.952 bits per heavy atom. The summed E-state index contributed by atoms with van der Waals surface area (Å²) >= 11 is 0. The van der Waals surface area contributed by atoms with Crippen LogP contribution in [-0.4, -0.2) is 11.6 Å². The van der Waals surface area contributed by atoms with Crippen molar-refractivity contribution in [1.29, 1.82) is 0 Å². The van der Waals surface area contributed by atoms with Crippen LogP contribution in [-0.2, 0) is 26.1 Å². The van der Waals surface area contributed by atoms with Gasteiger partial charge in [0, 0.05) is 38.8 Å². The van der Waals surface area contributed by atoms with Crippen molar-refractivity contribution in [3.63, 3.8) is 0 Å². The molecule has 0 amide bonds. The second kappa shape index (κ2) is 9.68. The smallest absolute Gasteiger partial charge is 0.185 e. The van der Waals surface area contributed by atoms with Gasteiger partial charge in [-0.3, -0.25) is 9.59 Å². The molecule has 3 heteroatoms. The minimum Gasteiger partial charge on any atom is -0.289 e. The first-order valence-corrected chi connectivity index (χ1v) is 7.21. The van der Waals surface area contributed by atoms with Crippen molar-refractivity contribution in [2.75, 3.05) is 0 Å². The van der Waals surface area contributed by atoms with E-state index in [9.17, 15) is 9.59 Å². The monoisotopic (exact) mass is 330 g/mol. The first kappa shape index (κ1) is 19.8. The van der Waals surface area contributed by atoms with Gasteiger partial charge in [-0.25, -0.2) is 0 Å². The fourth-order valence-electron chi connectivity index (χ4n) is 2.10. The molecule has 0 saturated heterocycles. The molecule has 0 saturated carbocycles. The summed E-state index contributed by atoms with van der Waals surface area (Å²) in [6, 6.07) is 0. The van der Waals surface area contributed by atoms with Gasteiger partial charge in [0.1, 0.15) is 0 Å². The van der Waals surface area contributed by atoms with Crippen LogP contribution in [0.15, 0.2) is 46.6 Å². The van der Waals surface area contributed by atoms with E-state index in [1.165, 1.54) is 25.7 Å². The van der Waals surface area contributed by atoms with Crippen LogP contribution in [0, 0.1) is 0 Å². The van der Waals surface area contributed by atoms with Gasteiger partial charge < -0.3 is 0 Å². The second-order valence-electron chi connectivity index (χ2n) is 5.26. The molecule has 2 nitrogen and oxygen atoms in total. The third kappa shape index (κ3) is 5.59. The maximum atomic E-state index is 11.4. The molecule has 0 fully saturated rings. The molecule has 0 atom stereocenters.